The van der Waals surface area contributed by atoms with E-state index in [9.17, 15) is 22.8 Å². The van der Waals surface area contributed by atoms with Gasteiger partial charge in [-0.1, -0.05) is 89.2 Å². The minimum Gasteiger partial charge on any atom is -0.326 e. The molecule has 0 atom stereocenters. The number of carbonyl (C=O) groups excluding carboxylic acids is 3. The molecule has 250 valence electrons. The normalized spacial score (nSPS) is 17.9. The fourth-order valence-corrected chi connectivity index (χ4v) is 9.41. The second-order valence-corrected chi connectivity index (χ2v) is 15.2. The summed E-state index contributed by atoms with van der Waals surface area (Å²) in [4.78, 5) is 39.2. The Labute approximate surface area is 275 Å². The molecule has 1 N–H and O–H groups in total. The molecule has 46 heavy (non-hydrogen) atoms. The molecule has 5 rings (SSSR count). The Morgan fingerprint density at radius 1 is 0.674 bits per heavy atom. The van der Waals surface area contributed by atoms with Crippen LogP contribution >= 0.6 is 0 Å². The number of benzene rings is 2. The Kier molecular flexibility index (Phi) is 12.4. The summed E-state index contributed by atoms with van der Waals surface area (Å²) in [6, 6.07) is 14.0. The van der Waals surface area contributed by atoms with Gasteiger partial charge in [-0.2, -0.15) is 4.31 Å². The molecule has 9 heteroatoms. The fourth-order valence-electron chi connectivity index (χ4n) is 7.48. The highest BCUT2D eigenvalue weighted by molar-refractivity contribution is 7.89. The van der Waals surface area contributed by atoms with Gasteiger partial charge in [-0.3, -0.25) is 19.3 Å². The Bertz CT molecular complexity index is 1380. The zero-order valence-corrected chi connectivity index (χ0v) is 28.1. The molecular formula is C37H51N3O5S. The van der Waals surface area contributed by atoms with Crippen molar-refractivity contribution in [2.75, 3.05) is 11.9 Å². The molecule has 1 aliphatic heterocycles. The molecule has 2 aromatic carbocycles. The van der Waals surface area contributed by atoms with Crippen LogP contribution in [0.2, 0.25) is 0 Å². The van der Waals surface area contributed by atoms with Crippen LogP contribution in [0.25, 0.3) is 0 Å². The van der Waals surface area contributed by atoms with Gasteiger partial charge >= 0.3 is 0 Å². The lowest BCUT2D eigenvalue weighted by Gasteiger charge is -2.40. The van der Waals surface area contributed by atoms with Crippen molar-refractivity contribution >= 4 is 33.4 Å². The summed E-state index contributed by atoms with van der Waals surface area (Å²) in [5, 5.41) is 2.94. The molecule has 3 amide bonds. The first kappa shape index (κ1) is 34.3. The number of amides is 3. The highest BCUT2D eigenvalue weighted by Crippen LogP contribution is 2.35. The quantitative estimate of drug-likeness (QED) is 0.146. The van der Waals surface area contributed by atoms with Crippen LogP contribution < -0.4 is 5.32 Å². The first-order valence-corrected chi connectivity index (χ1v) is 19.2. The molecule has 0 bridgehead atoms. The van der Waals surface area contributed by atoms with Crippen LogP contribution in [0, 0.1) is 0 Å². The molecule has 2 saturated carbocycles. The Hall–Kier alpha value is -3.04. The van der Waals surface area contributed by atoms with E-state index in [2.05, 4.69) is 5.32 Å². The topological polar surface area (TPSA) is 104 Å². The second kappa shape index (κ2) is 16.7. The van der Waals surface area contributed by atoms with Crippen LogP contribution in [0.5, 0.6) is 0 Å². The van der Waals surface area contributed by atoms with E-state index in [1.165, 1.54) is 17.7 Å². The van der Waals surface area contributed by atoms with Crippen molar-refractivity contribution in [2.45, 2.75) is 139 Å². The SMILES string of the molecule is O=C(CCCCCCCCCCN1C(=O)c2ccccc2C1=O)Nc1ccc(S(=O)(=O)N(C2CCCCC2)C2CCCCC2)cc1. The van der Waals surface area contributed by atoms with Crippen LogP contribution in [-0.2, 0) is 14.8 Å². The summed E-state index contributed by atoms with van der Waals surface area (Å²) in [7, 11) is -3.60. The van der Waals surface area contributed by atoms with E-state index in [0.29, 0.717) is 34.7 Å². The predicted molar refractivity (Wildman–Crippen MR) is 181 cm³/mol. The van der Waals surface area contributed by atoms with Gasteiger partial charge in [0.15, 0.2) is 0 Å². The average Bonchev–Trinajstić information content (AvgIpc) is 3.31. The van der Waals surface area contributed by atoms with Crippen LogP contribution in [0.4, 0.5) is 5.69 Å². The number of hydrogen-bond donors (Lipinski definition) is 1. The molecule has 0 radical (unpaired) electrons. The van der Waals surface area contributed by atoms with Crippen molar-refractivity contribution < 1.29 is 22.8 Å². The van der Waals surface area contributed by atoms with E-state index < -0.39 is 10.0 Å². The number of unbranched alkanes of at least 4 members (excludes halogenated alkanes) is 7. The van der Waals surface area contributed by atoms with Crippen molar-refractivity contribution in [3.63, 3.8) is 0 Å². The van der Waals surface area contributed by atoms with Gasteiger partial charge in [0.05, 0.1) is 16.0 Å². The number of nitrogens with one attached hydrogen (secondary N) is 1. The molecule has 0 saturated heterocycles. The van der Waals surface area contributed by atoms with Crippen molar-refractivity contribution in [3.8, 4) is 0 Å². The fraction of sp³-hybridized carbons (Fsp3) is 0.595. The molecule has 2 aliphatic carbocycles. The van der Waals surface area contributed by atoms with E-state index >= 15 is 0 Å². The third-order valence-electron chi connectivity index (χ3n) is 10.00. The molecule has 0 spiro atoms. The second-order valence-electron chi connectivity index (χ2n) is 13.4. The summed E-state index contributed by atoms with van der Waals surface area (Å²) < 4.78 is 29.7. The maximum Gasteiger partial charge on any atom is 0.261 e. The highest BCUT2D eigenvalue weighted by atomic mass is 32.2. The largest absolute Gasteiger partial charge is 0.326 e. The summed E-state index contributed by atoms with van der Waals surface area (Å²) >= 11 is 0. The molecule has 3 aliphatic rings. The Balaban J connectivity index is 0.964. The third kappa shape index (κ3) is 8.65. The number of rotatable bonds is 16. The monoisotopic (exact) mass is 649 g/mol. The van der Waals surface area contributed by atoms with Crippen molar-refractivity contribution in [3.05, 3.63) is 59.7 Å². The lowest BCUT2D eigenvalue weighted by molar-refractivity contribution is -0.116. The maximum absolute atomic E-state index is 13.9. The Morgan fingerprint density at radius 2 is 1.15 bits per heavy atom. The first-order valence-electron chi connectivity index (χ1n) is 17.7. The number of hydrogen-bond acceptors (Lipinski definition) is 5. The highest BCUT2D eigenvalue weighted by Gasteiger charge is 2.38. The van der Waals surface area contributed by atoms with Crippen LogP contribution in [0.15, 0.2) is 53.4 Å². The predicted octanol–water partition coefficient (Wildman–Crippen LogP) is 8.09. The number of fused-ring (bicyclic) bond motifs is 1. The van der Waals surface area contributed by atoms with E-state index in [-0.39, 0.29) is 29.8 Å². The van der Waals surface area contributed by atoms with E-state index in [1.807, 2.05) is 4.31 Å². The van der Waals surface area contributed by atoms with Gasteiger partial charge in [0.2, 0.25) is 15.9 Å². The van der Waals surface area contributed by atoms with Gasteiger partial charge in [0, 0.05) is 30.7 Å². The summed E-state index contributed by atoms with van der Waals surface area (Å²) in [6.45, 7) is 0.472. The van der Waals surface area contributed by atoms with E-state index in [1.54, 1.807) is 48.5 Å². The number of carbonyl (C=O) groups is 3. The van der Waals surface area contributed by atoms with Crippen molar-refractivity contribution in [1.29, 1.82) is 0 Å². The molecule has 2 aromatic rings. The summed E-state index contributed by atoms with van der Waals surface area (Å²) in [6.07, 6.45) is 18.9. The molecule has 1 heterocycles. The van der Waals surface area contributed by atoms with Crippen LogP contribution in [0.1, 0.15) is 143 Å². The van der Waals surface area contributed by atoms with Gasteiger partial charge in [-0.25, -0.2) is 8.42 Å². The minimum absolute atomic E-state index is 0.0465. The lowest BCUT2D eigenvalue weighted by atomic mass is 9.91. The summed E-state index contributed by atoms with van der Waals surface area (Å²) in [5.74, 6) is -0.406. The van der Waals surface area contributed by atoms with Crippen LogP contribution in [-0.4, -0.2) is 54.0 Å². The van der Waals surface area contributed by atoms with Crippen molar-refractivity contribution in [2.24, 2.45) is 0 Å². The molecular weight excluding hydrogens is 598 g/mol. The Morgan fingerprint density at radius 3 is 1.67 bits per heavy atom. The van der Waals surface area contributed by atoms with Crippen LogP contribution in [0.3, 0.4) is 0 Å². The zero-order chi connectivity index (χ0) is 32.4. The molecule has 0 aromatic heterocycles. The maximum atomic E-state index is 13.9. The van der Waals surface area contributed by atoms with Gasteiger partial charge in [0.25, 0.3) is 11.8 Å². The zero-order valence-electron chi connectivity index (χ0n) is 27.3. The average molecular weight is 650 g/mol. The van der Waals surface area contributed by atoms with Gasteiger partial charge in [0.1, 0.15) is 0 Å². The van der Waals surface area contributed by atoms with Crippen molar-refractivity contribution in [1.82, 2.24) is 9.21 Å². The standard InChI is InChI=1S/C37H51N3O5S/c41-35(23-13-5-3-1-2-4-6-16-28-39-36(42)33-21-14-15-22-34(33)37(39)43)38-29-24-26-32(27-25-29)46(44,45)40(30-17-9-7-10-18-30)31-19-11-8-12-20-31/h14-15,21-22,24-27,30-31H,1-13,16-20,23,28H2,(H,38,41). The van der Waals surface area contributed by atoms with Gasteiger partial charge in [-0.15, -0.1) is 0 Å². The van der Waals surface area contributed by atoms with Gasteiger partial charge in [-0.05, 0) is 74.9 Å². The molecule has 2 fully saturated rings. The van der Waals surface area contributed by atoms with E-state index in [4.69, 9.17) is 0 Å². The number of imide groups is 1. The first-order chi connectivity index (χ1) is 22.4. The minimum atomic E-state index is -3.60. The molecule has 0 unspecified atom stereocenters. The smallest absolute Gasteiger partial charge is 0.261 e. The number of anilines is 1. The lowest BCUT2D eigenvalue weighted by Crippen LogP contribution is -2.48. The summed E-state index contributed by atoms with van der Waals surface area (Å²) in [5.41, 5.74) is 1.65. The molecule has 8 nitrogen and oxygen atoms in total. The van der Waals surface area contributed by atoms with Gasteiger partial charge < -0.3 is 5.32 Å². The number of nitrogens with zero attached hydrogens (tertiary/aromatic N) is 2. The van der Waals surface area contributed by atoms with E-state index in [0.717, 1.165) is 103 Å². The number of sulfonamides is 1. The third-order valence-corrected chi connectivity index (χ3v) is 12.0.